The molecule has 24 heavy (non-hydrogen) atoms. The molecule has 1 fully saturated rings. The highest BCUT2D eigenvalue weighted by molar-refractivity contribution is 7.90. The Balaban J connectivity index is 2.01. The lowest BCUT2D eigenvalue weighted by atomic mass is 9.99. The van der Waals surface area contributed by atoms with Gasteiger partial charge >= 0.3 is 5.97 Å². The third-order valence-corrected chi connectivity index (χ3v) is 5.49. The van der Waals surface area contributed by atoms with Crippen molar-refractivity contribution in [2.45, 2.75) is 24.7 Å². The van der Waals surface area contributed by atoms with Crippen LogP contribution in [0.3, 0.4) is 0 Å². The van der Waals surface area contributed by atoms with Gasteiger partial charge in [0.15, 0.2) is 16.4 Å². The summed E-state index contributed by atoms with van der Waals surface area (Å²) in [7, 11) is -3.47. The van der Waals surface area contributed by atoms with Crippen LogP contribution in [0.25, 0.3) is 0 Å². The fraction of sp³-hybridized carbons (Fsp3) is 0.500. The predicted molar refractivity (Wildman–Crippen MR) is 89.8 cm³/mol. The third-order valence-electron chi connectivity index (χ3n) is 4.05. The van der Waals surface area contributed by atoms with Gasteiger partial charge in [-0.05, 0) is 37.0 Å². The molecule has 1 aliphatic heterocycles. The highest BCUT2D eigenvalue weighted by atomic mass is 35.5. The number of esters is 1. The minimum absolute atomic E-state index is 0.0322. The molecule has 132 valence electrons. The molecule has 0 bridgehead atoms. The number of carbonyl (C=O) groups excluding carboxylic acids is 2. The van der Waals surface area contributed by atoms with E-state index in [0.717, 1.165) is 25.2 Å². The minimum atomic E-state index is -3.47. The highest BCUT2D eigenvalue weighted by Gasteiger charge is 2.22. The van der Waals surface area contributed by atoms with Crippen molar-refractivity contribution in [2.75, 3.05) is 26.0 Å². The van der Waals surface area contributed by atoms with Gasteiger partial charge in [0.1, 0.15) is 0 Å². The topological polar surface area (TPSA) is 80.8 Å². The summed E-state index contributed by atoms with van der Waals surface area (Å²) in [6.45, 7) is 3.06. The van der Waals surface area contributed by atoms with E-state index in [1.54, 1.807) is 4.90 Å². The molecule has 8 heteroatoms. The zero-order valence-electron chi connectivity index (χ0n) is 13.6. The van der Waals surface area contributed by atoms with Gasteiger partial charge in [-0.1, -0.05) is 18.5 Å². The largest absolute Gasteiger partial charge is 0.452 e. The van der Waals surface area contributed by atoms with E-state index in [4.69, 9.17) is 16.3 Å². The van der Waals surface area contributed by atoms with E-state index < -0.39 is 15.8 Å². The van der Waals surface area contributed by atoms with Gasteiger partial charge < -0.3 is 9.64 Å². The molecule has 0 radical (unpaired) electrons. The maximum Gasteiger partial charge on any atom is 0.340 e. The van der Waals surface area contributed by atoms with Gasteiger partial charge in [-0.2, -0.15) is 0 Å². The summed E-state index contributed by atoms with van der Waals surface area (Å²) in [6.07, 6.45) is 2.90. The number of hydrogen-bond acceptors (Lipinski definition) is 5. The normalized spacial score (nSPS) is 16.0. The van der Waals surface area contributed by atoms with Crippen LogP contribution in [0.2, 0.25) is 5.02 Å². The molecule has 1 aliphatic rings. The van der Waals surface area contributed by atoms with Crippen LogP contribution < -0.4 is 0 Å². The molecule has 0 unspecified atom stereocenters. The Bertz CT molecular complexity index is 739. The number of hydrogen-bond donors (Lipinski definition) is 0. The Morgan fingerprint density at radius 1 is 1.29 bits per heavy atom. The maximum absolute atomic E-state index is 12.1. The Morgan fingerprint density at radius 3 is 2.50 bits per heavy atom. The zero-order valence-corrected chi connectivity index (χ0v) is 15.2. The number of sulfone groups is 1. The fourth-order valence-corrected chi connectivity index (χ4v) is 3.29. The highest BCUT2D eigenvalue weighted by Crippen LogP contribution is 2.21. The standard InChI is InChI=1S/C16H20ClNO5S/c1-11-5-7-18(8-6-11)15(19)10-23-16(20)13-9-12(24(2,21)22)3-4-14(13)17/h3-4,9,11H,5-8,10H2,1-2H3. The summed E-state index contributed by atoms with van der Waals surface area (Å²) < 4.78 is 28.1. The molecule has 0 N–H and O–H groups in total. The number of halogens is 1. The Labute approximate surface area is 146 Å². The van der Waals surface area contributed by atoms with Gasteiger partial charge in [-0.3, -0.25) is 4.79 Å². The summed E-state index contributed by atoms with van der Waals surface area (Å²) in [4.78, 5) is 25.8. The van der Waals surface area contributed by atoms with E-state index in [1.165, 1.54) is 12.1 Å². The van der Waals surface area contributed by atoms with Gasteiger partial charge in [-0.15, -0.1) is 0 Å². The maximum atomic E-state index is 12.1. The molecule has 1 aromatic carbocycles. The Hall–Kier alpha value is -1.60. The minimum Gasteiger partial charge on any atom is -0.452 e. The number of rotatable bonds is 4. The van der Waals surface area contributed by atoms with Crippen molar-refractivity contribution < 1.29 is 22.7 Å². The summed E-state index contributed by atoms with van der Waals surface area (Å²) in [5.41, 5.74) is -0.0698. The lowest BCUT2D eigenvalue weighted by Crippen LogP contribution is -2.40. The van der Waals surface area contributed by atoms with Crippen molar-refractivity contribution in [1.29, 1.82) is 0 Å². The molecule has 0 aromatic heterocycles. The second-order valence-corrected chi connectivity index (χ2v) is 8.48. The first-order valence-electron chi connectivity index (χ1n) is 7.63. The molecule has 1 aromatic rings. The summed E-state index contributed by atoms with van der Waals surface area (Å²) in [5, 5.41) is 0.0756. The number of ether oxygens (including phenoxy) is 1. The van der Waals surface area contributed by atoms with E-state index in [2.05, 4.69) is 6.92 Å². The van der Waals surface area contributed by atoms with Gasteiger partial charge in [0.25, 0.3) is 5.91 Å². The molecule has 6 nitrogen and oxygen atoms in total. The van der Waals surface area contributed by atoms with Crippen LogP contribution in [0.15, 0.2) is 23.1 Å². The molecule has 1 amide bonds. The molecular weight excluding hydrogens is 354 g/mol. The first-order valence-corrected chi connectivity index (χ1v) is 9.90. The van der Waals surface area contributed by atoms with Gasteiger partial charge in [0.2, 0.25) is 0 Å². The first-order chi connectivity index (χ1) is 11.2. The second kappa shape index (κ2) is 7.53. The van der Waals surface area contributed by atoms with Crippen LogP contribution in [0.5, 0.6) is 0 Å². The molecule has 0 spiro atoms. The van der Waals surface area contributed by atoms with Crippen molar-refractivity contribution in [3.63, 3.8) is 0 Å². The molecule has 0 atom stereocenters. The van der Waals surface area contributed by atoms with E-state index in [0.29, 0.717) is 19.0 Å². The van der Waals surface area contributed by atoms with Crippen molar-refractivity contribution in [3.05, 3.63) is 28.8 Å². The zero-order chi connectivity index (χ0) is 17.9. The quantitative estimate of drug-likeness (QED) is 0.755. The van der Waals surface area contributed by atoms with Crippen LogP contribution in [0.1, 0.15) is 30.1 Å². The molecular formula is C16H20ClNO5S. The van der Waals surface area contributed by atoms with Gasteiger partial charge in [-0.25, -0.2) is 13.2 Å². The van der Waals surface area contributed by atoms with Crippen LogP contribution in [0.4, 0.5) is 0 Å². The van der Waals surface area contributed by atoms with Crippen molar-refractivity contribution >= 4 is 33.3 Å². The first kappa shape index (κ1) is 18.7. The number of nitrogens with zero attached hydrogens (tertiary/aromatic N) is 1. The van der Waals surface area contributed by atoms with E-state index in [9.17, 15) is 18.0 Å². The van der Waals surface area contributed by atoms with Crippen molar-refractivity contribution in [1.82, 2.24) is 4.90 Å². The summed E-state index contributed by atoms with van der Waals surface area (Å²) >= 11 is 5.93. The SMILES string of the molecule is CC1CCN(C(=O)COC(=O)c2cc(S(C)(=O)=O)ccc2Cl)CC1. The van der Waals surface area contributed by atoms with Crippen LogP contribution in [-0.2, 0) is 19.4 Å². The molecule has 0 saturated carbocycles. The lowest BCUT2D eigenvalue weighted by Gasteiger charge is -2.30. The average Bonchev–Trinajstić information content (AvgIpc) is 2.52. The molecule has 1 heterocycles. The second-order valence-electron chi connectivity index (χ2n) is 6.05. The number of likely N-dealkylation sites (tertiary alicyclic amines) is 1. The van der Waals surface area contributed by atoms with E-state index in [1.807, 2.05) is 0 Å². The number of benzene rings is 1. The van der Waals surface area contributed by atoms with E-state index in [-0.39, 0.29) is 28.0 Å². The number of carbonyl (C=O) groups is 2. The lowest BCUT2D eigenvalue weighted by molar-refractivity contribution is -0.135. The molecule has 1 saturated heterocycles. The predicted octanol–water partition coefficient (Wildman–Crippen LogP) is 2.16. The Kier molecular flexibility index (Phi) is 5.87. The van der Waals surface area contributed by atoms with Crippen molar-refractivity contribution in [3.8, 4) is 0 Å². The van der Waals surface area contributed by atoms with Crippen LogP contribution in [0, 0.1) is 5.92 Å². The third kappa shape index (κ3) is 4.70. The van der Waals surface area contributed by atoms with Gasteiger partial charge in [0.05, 0.1) is 15.5 Å². The summed E-state index contributed by atoms with van der Waals surface area (Å²) in [5.74, 6) is -0.482. The molecule has 0 aliphatic carbocycles. The number of piperidine rings is 1. The van der Waals surface area contributed by atoms with Gasteiger partial charge in [0, 0.05) is 19.3 Å². The number of amides is 1. The monoisotopic (exact) mass is 373 g/mol. The van der Waals surface area contributed by atoms with E-state index >= 15 is 0 Å². The Morgan fingerprint density at radius 2 is 1.92 bits per heavy atom. The van der Waals surface area contributed by atoms with Crippen LogP contribution in [-0.4, -0.2) is 51.1 Å². The van der Waals surface area contributed by atoms with Crippen molar-refractivity contribution in [2.24, 2.45) is 5.92 Å². The smallest absolute Gasteiger partial charge is 0.340 e. The van der Waals surface area contributed by atoms with Crippen LogP contribution >= 0.6 is 11.6 Å². The average molecular weight is 374 g/mol. The fourth-order valence-electron chi connectivity index (χ4n) is 2.45. The molecule has 2 rings (SSSR count). The summed E-state index contributed by atoms with van der Waals surface area (Å²) in [6, 6.07) is 3.80.